The van der Waals surface area contributed by atoms with Crippen LogP contribution in [0.1, 0.15) is 17.3 Å². The lowest BCUT2D eigenvalue weighted by molar-refractivity contribution is -0.190. The van der Waals surface area contributed by atoms with Crippen molar-refractivity contribution in [2.75, 3.05) is 39.4 Å². The zero-order valence-electron chi connectivity index (χ0n) is 13.3. The van der Waals surface area contributed by atoms with Gasteiger partial charge in [0.1, 0.15) is 5.56 Å². The molecule has 24 heavy (non-hydrogen) atoms. The molecule has 1 N–H and O–H groups in total. The zero-order chi connectivity index (χ0) is 17.6. The second-order valence-electron chi connectivity index (χ2n) is 5.37. The summed E-state index contributed by atoms with van der Waals surface area (Å²) < 4.78 is 47.9. The molecule has 1 amide bonds. The lowest BCUT2D eigenvalue weighted by Crippen LogP contribution is -2.41. The van der Waals surface area contributed by atoms with Crippen LogP contribution >= 0.6 is 0 Å². The summed E-state index contributed by atoms with van der Waals surface area (Å²) in [5.41, 5.74) is -0.0180. The predicted octanol–water partition coefficient (Wildman–Crippen LogP) is 1.47. The Hall–Kier alpha value is -1.87. The van der Waals surface area contributed by atoms with E-state index >= 15 is 0 Å². The van der Waals surface area contributed by atoms with Crippen LogP contribution in [0.2, 0.25) is 0 Å². The van der Waals surface area contributed by atoms with Gasteiger partial charge < -0.3 is 14.8 Å². The van der Waals surface area contributed by atoms with Crippen LogP contribution in [0.25, 0.3) is 0 Å². The molecule has 0 unspecified atom stereocenters. The van der Waals surface area contributed by atoms with Gasteiger partial charge in [-0.25, -0.2) is 4.98 Å². The fraction of sp³-hybridized carbons (Fsp3) is 0.600. The van der Waals surface area contributed by atoms with Gasteiger partial charge >= 0.3 is 6.18 Å². The van der Waals surface area contributed by atoms with Crippen molar-refractivity contribution in [1.29, 1.82) is 0 Å². The van der Waals surface area contributed by atoms with Gasteiger partial charge in [0, 0.05) is 32.4 Å². The van der Waals surface area contributed by atoms with Crippen LogP contribution < -0.4 is 10.1 Å². The molecule has 9 heteroatoms. The molecule has 1 aromatic rings. The summed E-state index contributed by atoms with van der Waals surface area (Å²) in [4.78, 5) is 18.1. The van der Waals surface area contributed by atoms with E-state index in [1.165, 1.54) is 18.3 Å². The Morgan fingerprint density at radius 1 is 1.46 bits per heavy atom. The van der Waals surface area contributed by atoms with Gasteiger partial charge in [-0.05, 0) is 19.1 Å². The predicted molar refractivity (Wildman–Crippen MR) is 80.0 cm³/mol. The highest BCUT2D eigenvalue weighted by atomic mass is 19.4. The van der Waals surface area contributed by atoms with Crippen LogP contribution in [-0.2, 0) is 4.74 Å². The molecular weight excluding hydrogens is 327 g/mol. The van der Waals surface area contributed by atoms with Crippen molar-refractivity contribution in [3.05, 3.63) is 23.9 Å². The minimum Gasteiger partial charge on any atom is -0.464 e. The number of nitrogens with zero attached hydrogens (tertiary/aromatic N) is 2. The van der Waals surface area contributed by atoms with Crippen LogP contribution in [0.15, 0.2) is 18.3 Å². The number of amides is 1. The van der Waals surface area contributed by atoms with Gasteiger partial charge in [0.25, 0.3) is 5.91 Å². The van der Waals surface area contributed by atoms with E-state index in [4.69, 9.17) is 9.47 Å². The minimum absolute atomic E-state index is 0.0180. The molecule has 2 heterocycles. The monoisotopic (exact) mass is 347 g/mol. The summed E-state index contributed by atoms with van der Waals surface area (Å²) in [5, 5.41) is 2.68. The average Bonchev–Trinajstić information content (AvgIpc) is 2.55. The van der Waals surface area contributed by atoms with Gasteiger partial charge in [-0.3, -0.25) is 9.69 Å². The number of ether oxygens (including phenoxy) is 2. The molecule has 0 saturated carbocycles. The Bertz CT molecular complexity index is 548. The number of carbonyl (C=O) groups is 1. The molecular formula is C15H20F3N3O3. The van der Waals surface area contributed by atoms with Crippen molar-refractivity contribution in [2.24, 2.45) is 0 Å². The summed E-state index contributed by atoms with van der Waals surface area (Å²) in [6, 6.07) is 2.86. The molecule has 0 aromatic carbocycles. The summed E-state index contributed by atoms with van der Waals surface area (Å²) >= 11 is 0. The molecule has 2 rings (SSSR count). The topological polar surface area (TPSA) is 63.7 Å². The highest BCUT2D eigenvalue weighted by molar-refractivity contribution is 5.96. The number of rotatable bonds is 6. The van der Waals surface area contributed by atoms with Gasteiger partial charge in [-0.2, -0.15) is 13.2 Å². The normalized spacial score (nSPS) is 17.3. The average molecular weight is 347 g/mol. The van der Waals surface area contributed by atoms with E-state index in [1.807, 2.05) is 0 Å². The SMILES string of the molecule is C[C@@H](Oc1ncccc1C(=O)NCCN1CCOCC1)C(F)(F)F. The number of carbonyl (C=O) groups excluding carboxylic acids is 1. The molecule has 0 aliphatic carbocycles. The number of alkyl halides is 3. The molecule has 134 valence electrons. The van der Waals surface area contributed by atoms with Crippen molar-refractivity contribution in [3.8, 4) is 5.88 Å². The fourth-order valence-corrected chi connectivity index (χ4v) is 2.14. The summed E-state index contributed by atoms with van der Waals surface area (Å²) in [6.07, 6.45) is -5.29. The largest absolute Gasteiger partial charge is 0.464 e. The third-order valence-corrected chi connectivity index (χ3v) is 3.58. The van der Waals surface area contributed by atoms with Crippen molar-refractivity contribution >= 4 is 5.91 Å². The number of morpholine rings is 1. The molecule has 1 saturated heterocycles. The summed E-state index contributed by atoms with van der Waals surface area (Å²) in [7, 11) is 0. The maximum Gasteiger partial charge on any atom is 0.425 e. The summed E-state index contributed by atoms with van der Waals surface area (Å²) in [6.45, 7) is 4.79. The van der Waals surface area contributed by atoms with Gasteiger partial charge in [-0.15, -0.1) is 0 Å². The first-order chi connectivity index (χ1) is 11.4. The van der Waals surface area contributed by atoms with E-state index in [9.17, 15) is 18.0 Å². The van der Waals surface area contributed by atoms with Crippen LogP contribution in [0, 0.1) is 0 Å². The van der Waals surface area contributed by atoms with Crippen molar-refractivity contribution in [1.82, 2.24) is 15.2 Å². The Labute approximate surface area is 137 Å². The minimum atomic E-state index is -4.53. The number of pyridine rings is 1. The molecule has 1 aliphatic rings. The third-order valence-electron chi connectivity index (χ3n) is 3.58. The summed E-state index contributed by atoms with van der Waals surface area (Å²) in [5.74, 6) is -0.841. The zero-order valence-corrected chi connectivity index (χ0v) is 13.3. The number of aromatic nitrogens is 1. The quantitative estimate of drug-likeness (QED) is 0.844. The van der Waals surface area contributed by atoms with Crippen LogP contribution in [0.3, 0.4) is 0 Å². The molecule has 1 fully saturated rings. The Kier molecular flexibility index (Phi) is 6.38. The number of halogens is 3. The van der Waals surface area contributed by atoms with E-state index in [-0.39, 0.29) is 11.4 Å². The second-order valence-corrected chi connectivity index (χ2v) is 5.37. The number of hydrogen-bond donors (Lipinski definition) is 1. The molecule has 6 nitrogen and oxygen atoms in total. The standard InChI is InChI=1S/C15H20F3N3O3/c1-11(15(16,17)18)24-14-12(3-2-4-20-14)13(22)19-5-6-21-7-9-23-10-8-21/h2-4,11H,5-10H2,1H3,(H,19,22)/t11-/m1/s1. The van der Waals surface area contributed by atoms with Gasteiger partial charge in [-0.1, -0.05) is 0 Å². The lowest BCUT2D eigenvalue weighted by Gasteiger charge is -2.26. The molecule has 0 radical (unpaired) electrons. The van der Waals surface area contributed by atoms with Crippen LogP contribution in [0.4, 0.5) is 13.2 Å². The number of nitrogens with one attached hydrogen (secondary N) is 1. The highest BCUT2D eigenvalue weighted by Crippen LogP contribution is 2.25. The van der Waals surface area contributed by atoms with Crippen molar-refractivity contribution in [3.63, 3.8) is 0 Å². The Balaban J connectivity index is 1.91. The molecule has 1 aromatic heterocycles. The first-order valence-electron chi connectivity index (χ1n) is 7.64. The lowest BCUT2D eigenvalue weighted by atomic mass is 10.2. The number of hydrogen-bond acceptors (Lipinski definition) is 5. The maximum absolute atomic E-state index is 12.6. The fourth-order valence-electron chi connectivity index (χ4n) is 2.14. The second kappa shape index (κ2) is 8.29. The Morgan fingerprint density at radius 3 is 2.83 bits per heavy atom. The van der Waals surface area contributed by atoms with Gasteiger partial charge in [0.2, 0.25) is 5.88 Å². The Morgan fingerprint density at radius 2 is 2.17 bits per heavy atom. The highest BCUT2D eigenvalue weighted by Gasteiger charge is 2.38. The van der Waals surface area contributed by atoms with E-state index in [2.05, 4.69) is 15.2 Å². The van der Waals surface area contributed by atoms with Gasteiger partial charge in [0.15, 0.2) is 6.10 Å². The molecule has 1 atom stereocenters. The van der Waals surface area contributed by atoms with Crippen LogP contribution in [0.5, 0.6) is 5.88 Å². The molecule has 0 spiro atoms. The van der Waals surface area contributed by atoms with E-state index in [1.54, 1.807) is 0 Å². The maximum atomic E-state index is 12.6. The van der Waals surface area contributed by atoms with Gasteiger partial charge in [0.05, 0.1) is 13.2 Å². The van der Waals surface area contributed by atoms with E-state index in [0.717, 1.165) is 20.0 Å². The molecule has 1 aliphatic heterocycles. The van der Waals surface area contributed by atoms with Crippen LogP contribution in [-0.4, -0.2) is 67.5 Å². The molecule has 0 bridgehead atoms. The smallest absolute Gasteiger partial charge is 0.425 e. The van der Waals surface area contributed by atoms with E-state index < -0.39 is 18.2 Å². The third kappa shape index (κ3) is 5.34. The first-order valence-corrected chi connectivity index (χ1v) is 7.64. The van der Waals surface area contributed by atoms with Crippen molar-refractivity contribution < 1.29 is 27.4 Å². The van der Waals surface area contributed by atoms with E-state index in [0.29, 0.717) is 26.3 Å². The first kappa shape index (κ1) is 18.5. The van der Waals surface area contributed by atoms with Crippen molar-refractivity contribution in [2.45, 2.75) is 19.2 Å².